The summed E-state index contributed by atoms with van der Waals surface area (Å²) < 4.78 is 11.6. The molecule has 0 saturated heterocycles. The Hall–Kier alpha value is -6.99. The monoisotopic (exact) mass is 750 g/mol. The number of para-hydroxylation sites is 2. The van der Waals surface area contributed by atoms with Gasteiger partial charge in [-0.1, -0.05) is 140 Å². The summed E-state index contributed by atoms with van der Waals surface area (Å²) in [5.41, 5.74) is 11.0. The van der Waals surface area contributed by atoms with E-state index in [1.54, 1.807) is 0 Å². The molecule has 0 saturated carbocycles. The first-order chi connectivity index (χ1) is 28.2. The molecule has 6 heteroatoms. The highest BCUT2D eigenvalue weighted by molar-refractivity contribution is 7.26. The number of amidine groups is 1. The van der Waals surface area contributed by atoms with Gasteiger partial charge in [0.2, 0.25) is 0 Å². The third-order valence-electron chi connectivity index (χ3n) is 11.5. The number of aromatic nitrogens is 1. The van der Waals surface area contributed by atoms with Crippen LogP contribution in [0.4, 0.5) is 0 Å². The number of nitrogens with zero attached hydrogens (tertiary/aromatic N) is 2. The number of hydrogen-bond donors (Lipinski definition) is 2. The van der Waals surface area contributed by atoms with E-state index in [4.69, 9.17) is 9.41 Å². The van der Waals surface area contributed by atoms with Gasteiger partial charge in [-0.05, 0) is 64.7 Å². The summed E-state index contributed by atoms with van der Waals surface area (Å²) >= 11 is 1.87. The second-order valence-corrected chi connectivity index (χ2v) is 15.8. The lowest BCUT2D eigenvalue weighted by atomic mass is 10.00. The Morgan fingerprint density at radius 2 is 1.25 bits per heavy atom. The normalized spacial score (nSPS) is 15.9. The topological polar surface area (TPSA) is 54.5 Å². The zero-order valence-electron chi connectivity index (χ0n) is 30.7. The van der Waals surface area contributed by atoms with Crippen LogP contribution in [-0.4, -0.2) is 10.4 Å². The number of furan rings is 1. The molecule has 3 aromatic heterocycles. The van der Waals surface area contributed by atoms with Gasteiger partial charge in [0, 0.05) is 47.3 Å². The lowest BCUT2D eigenvalue weighted by Gasteiger charge is -2.32. The molecule has 12 rings (SSSR count). The van der Waals surface area contributed by atoms with E-state index in [1.807, 2.05) is 35.6 Å². The number of thiophene rings is 1. The van der Waals surface area contributed by atoms with Gasteiger partial charge in [0.15, 0.2) is 0 Å². The Labute approximate surface area is 332 Å². The number of rotatable bonds is 5. The van der Waals surface area contributed by atoms with Gasteiger partial charge in [-0.3, -0.25) is 5.32 Å². The van der Waals surface area contributed by atoms with E-state index in [0.29, 0.717) is 0 Å². The van der Waals surface area contributed by atoms with Crippen molar-refractivity contribution in [1.29, 1.82) is 0 Å². The van der Waals surface area contributed by atoms with Crippen molar-refractivity contribution < 1.29 is 4.42 Å². The SMILES string of the molecule is c1ccc(C2=NC(c3ccc4c(c3)oc3ccc(-c5cccc6c5sc5cccc(-n7c8ccccc8c8ccccc87)c56)cc34)NC(c3ccccc3)N2)cc1. The molecule has 0 radical (unpaired) electrons. The fraction of sp³-hybridized carbons (Fsp3) is 0.0392. The Morgan fingerprint density at radius 3 is 2.05 bits per heavy atom. The minimum atomic E-state index is -0.266. The fourth-order valence-corrected chi connectivity index (χ4v) is 10.1. The van der Waals surface area contributed by atoms with Gasteiger partial charge >= 0.3 is 0 Å². The first kappa shape index (κ1) is 32.3. The maximum absolute atomic E-state index is 6.57. The second kappa shape index (κ2) is 12.8. The van der Waals surface area contributed by atoms with Gasteiger partial charge in [0.05, 0.1) is 16.7 Å². The zero-order valence-corrected chi connectivity index (χ0v) is 31.5. The zero-order chi connectivity index (χ0) is 37.5. The van der Waals surface area contributed by atoms with Gasteiger partial charge in [0.25, 0.3) is 0 Å². The molecule has 0 amide bonds. The van der Waals surface area contributed by atoms with E-state index in [2.05, 4.69) is 173 Å². The van der Waals surface area contributed by atoms with Gasteiger partial charge in [0.1, 0.15) is 29.3 Å². The molecular formula is C51H34N4OS. The molecule has 11 aromatic rings. The molecule has 1 aliphatic heterocycles. The first-order valence-corrected chi connectivity index (χ1v) is 20.2. The van der Waals surface area contributed by atoms with Crippen molar-refractivity contribution in [2.75, 3.05) is 0 Å². The third kappa shape index (κ3) is 5.15. The Kier molecular flexibility index (Phi) is 7.24. The predicted octanol–water partition coefficient (Wildman–Crippen LogP) is 13.1. The molecular weight excluding hydrogens is 717 g/mol. The molecule has 0 aliphatic carbocycles. The highest BCUT2D eigenvalue weighted by Crippen LogP contribution is 2.45. The highest BCUT2D eigenvalue weighted by atomic mass is 32.1. The van der Waals surface area contributed by atoms with E-state index in [0.717, 1.165) is 44.5 Å². The van der Waals surface area contributed by atoms with Gasteiger partial charge < -0.3 is 14.3 Å². The molecule has 0 bridgehead atoms. The first-order valence-electron chi connectivity index (χ1n) is 19.4. The number of benzene rings is 8. The van der Waals surface area contributed by atoms with Crippen LogP contribution in [-0.2, 0) is 0 Å². The summed E-state index contributed by atoms with van der Waals surface area (Å²) in [5, 5.41) is 14.6. The summed E-state index contributed by atoms with van der Waals surface area (Å²) in [7, 11) is 0. The van der Waals surface area contributed by atoms with Crippen molar-refractivity contribution in [2.24, 2.45) is 4.99 Å². The largest absolute Gasteiger partial charge is 0.456 e. The Bertz CT molecular complexity index is 3320. The van der Waals surface area contributed by atoms with Crippen molar-refractivity contribution in [3.8, 4) is 16.8 Å². The van der Waals surface area contributed by atoms with E-state index >= 15 is 0 Å². The van der Waals surface area contributed by atoms with E-state index in [9.17, 15) is 0 Å². The summed E-state index contributed by atoms with van der Waals surface area (Å²) in [6.07, 6.45) is -0.370. The van der Waals surface area contributed by atoms with Crippen LogP contribution < -0.4 is 10.6 Å². The average molecular weight is 751 g/mol. The molecule has 5 nitrogen and oxygen atoms in total. The van der Waals surface area contributed by atoms with Gasteiger partial charge in [-0.25, -0.2) is 4.99 Å². The van der Waals surface area contributed by atoms with E-state index in [1.165, 1.54) is 58.8 Å². The summed E-state index contributed by atoms with van der Waals surface area (Å²) in [6, 6.07) is 64.9. The Balaban J connectivity index is 0.961. The van der Waals surface area contributed by atoms with Crippen LogP contribution in [0, 0.1) is 0 Å². The summed E-state index contributed by atoms with van der Waals surface area (Å²) in [6.45, 7) is 0. The molecule has 57 heavy (non-hydrogen) atoms. The summed E-state index contributed by atoms with van der Waals surface area (Å²) in [5.74, 6) is 0.861. The number of aliphatic imine (C=N–C) groups is 1. The van der Waals surface area contributed by atoms with Crippen molar-refractivity contribution >= 4 is 81.1 Å². The maximum atomic E-state index is 6.57. The number of fused-ring (bicyclic) bond motifs is 9. The van der Waals surface area contributed by atoms with Crippen molar-refractivity contribution in [2.45, 2.75) is 12.3 Å². The van der Waals surface area contributed by atoms with Crippen LogP contribution in [0.5, 0.6) is 0 Å². The van der Waals surface area contributed by atoms with Crippen LogP contribution in [0.25, 0.3) is 80.7 Å². The quantitative estimate of drug-likeness (QED) is 0.184. The summed E-state index contributed by atoms with van der Waals surface area (Å²) in [4.78, 5) is 5.16. The highest BCUT2D eigenvalue weighted by Gasteiger charge is 2.26. The third-order valence-corrected chi connectivity index (χ3v) is 12.7. The van der Waals surface area contributed by atoms with Crippen LogP contribution >= 0.6 is 11.3 Å². The molecule has 8 aromatic carbocycles. The van der Waals surface area contributed by atoms with Crippen LogP contribution in [0.2, 0.25) is 0 Å². The molecule has 2 atom stereocenters. The molecule has 270 valence electrons. The Morgan fingerprint density at radius 1 is 0.526 bits per heavy atom. The number of hydrogen-bond acceptors (Lipinski definition) is 5. The van der Waals surface area contributed by atoms with Crippen molar-refractivity contribution in [1.82, 2.24) is 15.2 Å². The molecule has 2 unspecified atom stereocenters. The lowest BCUT2D eigenvalue weighted by molar-refractivity contribution is 0.409. The molecule has 2 N–H and O–H groups in total. The van der Waals surface area contributed by atoms with E-state index in [-0.39, 0.29) is 12.3 Å². The lowest BCUT2D eigenvalue weighted by Crippen LogP contribution is -2.44. The number of nitrogens with one attached hydrogen (secondary N) is 2. The van der Waals surface area contributed by atoms with Crippen LogP contribution in [0.3, 0.4) is 0 Å². The fourth-order valence-electron chi connectivity index (χ4n) is 8.85. The molecule has 0 fully saturated rings. The smallest absolute Gasteiger partial charge is 0.135 e. The average Bonchev–Trinajstić information content (AvgIpc) is 3.96. The minimum Gasteiger partial charge on any atom is -0.456 e. The maximum Gasteiger partial charge on any atom is 0.135 e. The van der Waals surface area contributed by atoms with Crippen molar-refractivity contribution in [3.63, 3.8) is 0 Å². The molecule has 4 heterocycles. The minimum absolute atomic E-state index is 0.104. The second-order valence-electron chi connectivity index (χ2n) is 14.8. The van der Waals surface area contributed by atoms with Crippen molar-refractivity contribution in [3.05, 3.63) is 199 Å². The van der Waals surface area contributed by atoms with Crippen LogP contribution in [0.15, 0.2) is 191 Å². The van der Waals surface area contributed by atoms with Gasteiger partial charge in [-0.2, -0.15) is 0 Å². The van der Waals surface area contributed by atoms with Crippen LogP contribution in [0.1, 0.15) is 29.0 Å². The standard InChI is InChI=1S/C51H34N4OS/c1-3-13-31(14-4-1)49-52-50(32-15-5-2-6-16-32)54-51(53-49)34-25-27-38-40-29-33(26-28-44(40)56-45(38)30-34)35-19-11-20-39-47-43(23-12-24-46(47)57-48(35)39)55-41-21-9-7-17-36(41)37-18-8-10-22-42(37)55/h1-30,49,51,53H,(H,52,54). The predicted molar refractivity (Wildman–Crippen MR) is 238 cm³/mol. The van der Waals surface area contributed by atoms with E-state index < -0.39 is 0 Å². The molecule has 1 aliphatic rings. The molecule has 0 spiro atoms. The van der Waals surface area contributed by atoms with Gasteiger partial charge in [-0.15, -0.1) is 11.3 Å².